The Morgan fingerprint density at radius 1 is 1.50 bits per heavy atom. The Hall–Kier alpha value is -0.840. The lowest BCUT2D eigenvalue weighted by molar-refractivity contribution is 0.304. The highest BCUT2D eigenvalue weighted by Gasteiger charge is 2.28. The van der Waals surface area contributed by atoms with Gasteiger partial charge in [0.1, 0.15) is 0 Å². The predicted molar refractivity (Wildman–Crippen MR) is 76.5 cm³/mol. The van der Waals surface area contributed by atoms with Crippen LogP contribution in [-0.4, -0.2) is 35.0 Å². The van der Waals surface area contributed by atoms with E-state index in [0.29, 0.717) is 17.3 Å². The van der Waals surface area contributed by atoms with Crippen molar-refractivity contribution in [3.05, 3.63) is 12.3 Å². The van der Waals surface area contributed by atoms with E-state index >= 15 is 0 Å². The first kappa shape index (κ1) is 13.6. The molecule has 1 aromatic heterocycles. The maximum atomic E-state index is 5.52. The number of alkyl halides is 1. The molecule has 0 spiro atoms. The van der Waals surface area contributed by atoms with Crippen LogP contribution in [0.15, 0.2) is 12.3 Å². The molecule has 1 fully saturated rings. The summed E-state index contributed by atoms with van der Waals surface area (Å²) in [6.07, 6.45) is 5.24. The Kier molecular flexibility index (Phi) is 4.80. The van der Waals surface area contributed by atoms with E-state index in [2.05, 4.69) is 37.7 Å². The number of ether oxygens (including phenoxy) is 1. The zero-order valence-corrected chi connectivity index (χ0v) is 12.6. The third kappa shape index (κ3) is 3.57. The van der Waals surface area contributed by atoms with Crippen molar-refractivity contribution >= 4 is 21.9 Å². The van der Waals surface area contributed by atoms with Crippen LogP contribution in [0.4, 0.5) is 5.95 Å². The molecule has 0 unspecified atom stereocenters. The van der Waals surface area contributed by atoms with E-state index in [4.69, 9.17) is 4.74 Å². The van der Waals surface area contributed by atoms with Crippen molar-refractivity contribution in [3.63, 3.8) is 0 Å². The summed E-state index contributed by atoms with van der Waals surface area (Å²) in [4.78, 5) is 11.5. The number of hydrogen-bond donors (Lipinski definition) is 0. The van der Waals surface area contributed by atoms with E-state index in [0.717, 1.165) is 24.8 Å². The quantitative estimate of drug-likeness (QED) is 0.757. The van der Waals surface area contributed by atoms with Crippen LogP contribution in [0.1, 0.15) is 26.2 Å². The fourth-order valence-corrected chi connectivity index (χ4v) is 3.13. The van der Waals surface area contributed by atoms with Crippen molar-refractivity contribution in [3.8, 4) is 5.88 Å². The van der Waals surface area contributed by atoms with E-state index < -0.39 is 0 Å². The van der Waals surface area contributed by atoms with Crippen molar-refractivity contribution in [1.82, 2.24) is 9.97 Å². The van der Waals surface area contributed by atoms with Gasteiger partial charge >= 0.3 is 0 Å². The van der Waals surface area contributed by atoms with Gasteiger partial charge in [0.05, 0.1) is 6.61 Å². The van der Waals surface area contributed by atoms with Gasteiger partial charge in [0.25, 0.3) is 0 Å². The second-order valence-corrected chi connectivity index (χ2v) is 6.15. The van der Waals surface area contributed by atoms with Gasteiger partial charge in [-0.2, -0.15) is 4.98 Å². The van der Waals surface area contributed by atoms with Gasteiger partial charge in [0.2, 0.25) is 11.8 Å². The minimum Gasteiger partial charge on any atom is -0.478 e. The minimum absolute atomic E-state index is 0.667. The summed E-state index contributed by atoms with van der Waals surface area (Å²) in [5, 5.41) is 0. The van der Waals surface area contributed by atoms with Gasteiger partial charge in [-0.3, -0.25) is 0 Å². The van der Waals surface area contributed by atoms with Crippen LogP contribution in [-0.2, 0) is 0 Å². The molecule has 100 valence electrons. The molecular formula is C13H20BrN3O. The summed E-state index contributed by atoms with van der Waals surface area (Å²) < 4.78 is 5.52. The Balaban J connectivity index is 1.90. The van der Waals surface area contributed by atoms with Gasteiger partial charge in [-0.05, 0) is 25.2 Å². The SMILES string of the molecule is CCCOc1ccnc(N(C)CC2CC(Br)C2)n1. The van der Waals surface area contributed by atoms with Crippen LogP contribution >= 0.6 is 15.9 Å². The second kappa shape index (κ2) is 6.36. The van der Waals surface area contributed by atoms with Crippen LogP contribution in [0.2, 0.25) is 0 Å². The Labute approximate surface area is 117 Å². The molecule has 1 aromatic rings. The van der Waals surface area contributed by atoms with Crippen molar-refractivity contribution in [2.45, 2.75) is 31.0 Å². The smallest absolute Gasteiger partial charge is 0.228 e. The average molecular weight is 314 g/mol. The summed E-state index contributed by atoms with van der Waals surface area (Å²) >= 11 is 3.62. The summed E-state index contributed by atoms with van der Waals surface area (Å²) in [7, 11) is 2.04. The standard InChI is InChI=1S/C13H20BrN3O/c1-3-6-18-12-4-5-15-13(16-12)17(2)9-10-7-11(14)8-10/h4-5,10-11H,3,6-9H2,1-2H3. The van der Waals surface area contributed by atoms with Crippen LogP contribution in [0, 0.1) is 5.92 Å². The first-order valence-corrected chi connectivity index (χ1v) is 7.41. The molecule has 18 heavy (non-hydrogen) atoms. The Bertz CT molecular complexity index is 382. The number of anilines is 1. The van der Waals surface area contributed by atoms with Gasteiger partial charge in [-0.25, -0.2) is 4.98 Å². The molecule has 1 heterocycles. The average Bonchev–Trinajstić information content (AvgIpc) is 2.35. The number of hydrogen-bond acceptors (Lipinski definition) is 4. The molecule has 0 saturated heterocycles. The van der Waals surface area contributed by atoms with E-state index in [1.165, 1.54) is 12.8 Å². The Morgan fingerprint density at radius 2 is 2.28 bits per heavy atom. The minimum atomic E-state index is 0.667. The lowest BCUT2D eigenvalue weighted by Gasteiger charge is -2.34. The van der Waals surface area contributed by atoms with E-state index in [1.54, 1.807) is 6.20 Å². The molecule has 2 rings (SSSR count). The molecule has 0 bridgehead atoms. The van der Waals surface area contributed by atoms with Crippen molar-refractivity contribution < 1.29 is 4.74 Å². The fraction of sp³-hybridized carbons (Fsp3) is 0.692. The molecule has 5 heteroatoms. The third-order valence-electron chi connectivity index (χ3n) is 3.12. The fourth-order valence-electron chi connectivity index (χ4n) is 2.08. The van der Waals surface area contributed by atoms with Crippen LogP contribution in [0.5, 0.6) is 5.88 Å². The third-order valence-corrected chi connectivity index (χ3v) is 3.87. The summed E-state index contributed by atoms with van der Waals surface area (Å²) in [5.74, 6) is 2.17. The number of nitrogens with zero attached hydrogens (tertiary/aromatic N) is 3. The molecular weight excluding hydrogens is 294 g/mol. The lowest BCUT2D eigenvalue weighted by Crippen LogP contribution is -2.35. The van der Waals surface area contributed by atoms with E-state index in [-0.39, 0.29) is 0 Å². The van der Waals surface area contributed by atoms with Crippen LogP contribution in [0.25, 0.3) is 0 Å². The highest BCUT2D eigenvalue weighted by molar-refractivity contribution is 9.09. The van der Waals surface area contributed by atoms with Crippen molar-refractivity contribution in [2.75, 3.05) is 25.1 Å². The van der Waals surface area contributed by atoms with Crippen LogP contribution in [0.3, 0.4) is 0 Å². The number of halogens is 1. The molecule has 1 aliphatic carbocycles. The largest absolute Gasteiger partial charge is 0.478 e. The number of rotatable bonds is 6. The molecule has 0 aromatic carbocycles. The van der Waals surface area contributed by atoms with Gasteiger partial charge in [-0.15, -0.1) is 0 Å². The lowest BCUT2D eigenvalue weighted by atomic mass is 9.85. The molecule has 0 atom stereocenters. The molecule has 0 radical (unpaired) electrons. The summed E-state index contributed by atoms with van der Waals surface area (Å²) in [5.41, 5.74) is 0. The highest BCUT2D eigenvalue weighted by atomic mass is 79.9. The molecule has 4 nitrogen and oxygen atoms in total. The normalized spacial score (nSPS) is 22.4. The highest BCUT2D eigenvalue weighted by Crippen LogP contribution is 2.34. The van der Waals surface area contributed by atoms with E-state index in [9.17, 15) is 0 Å². The van der Waals surface area contributed by atoms with E-state index in [1.807, 2.05) is 13.1 Å². The predicted octanol–water partition coefficient (Wildman–Crippen LogP) is 2.88. The monoisotopic (exact) mass is 313 g/mol. The number of aromatic nitrogens is 2. The molecule has 0 aliphatic heterocycles. The summed E-state index contributed by atoms with van der Waals surface area (Å²) in [6, 6.07) is 1.81. The zero-order valence-electron chi connectivity index (χ0n) is 11.0. The Morgan fingerprint density at radius 3 is 2.94 bits per heavy atom. The topological polar surface area (TPSA) is 38.2 Å². The molecule has 0 N–H and O–H groups in total. The maximum Gasteiger partial charge on any atom is 0.228 e. The maximum absolute atomic E-state index is 5.52. The van der Waals surface area contributed by atoms with Gasteiger partial charge < -0.3 is 9.64 Å². The molecule has 1 saturated carbocycles. The van der Waals surface area contributed by atoms with Crippen LogP contribution < -0.4 is 9.64 Å². The first-order valence-electron chi connectivity index (χ1n) is 6.50. The first-order chi connectivity index (χ1) is 8.69. The second-order valence-electron chi connectivity index (χ2n) is 4.86. The van der Waals surface area contributed by atoms with Gasteiger partial charge in [0, 0.05) is 30.7 Å². The summed E-state index contributed by atoms with van der Waals surface area (Å²) in [6.45, 7) is 3.80. The van der Waals surface area contributed by atoms with Gasteiger partial charge in [-0.1, -0.05) is 22.9 Å². The molecule has 0 amide bonds. The van der Waals surface area contributed by atoms with Gasteiger partial charge in [0.15, 0.2) is 0 Å². The van der Waals surface area contributed by atoms with Crippen molar-refractivity contribution in [1.29, 1.82) is 0 Å². The zero-order chi connectivity index (χ0) is 13.0. The molecule has 1 aliphatic rings. The van der Waals surface area contributed by atoms with Crippen molar-refractivity contribution in [2.24, 2.45) is 5.92 Å².